The van der Waals surface area contributed by atoms with E-state index in [0.717, 1.165) is 5.56 Å². The molecular formula is C12H14N2O3. The highest BCUT2D eigenvalue weighted by Gasteiger charge is 2.36. The third-order valence-corrected chi connectivity index (χ3v) is 2.57. The highest BCUT2D eigenvalue weighted by atomic mass is 16.3. The summed E-state index contributed by atoms with van der Waals surface area (Å²) in [4.78, 5) is 24.7. The number of furan rings is 1. The van der Waals surface area contributed by atoms with Gasteiger partial charge < -0.3 is 14.6 Å². The van der Waals surface area contributed by atoms with Gasteiger partial charge in [-0.05, 0) is 18.6 Å². The Morgan fingerprint density at radius 2 is 2.53 bits per heavy atom. The van der Waals surface area contributed by atoms with Gasteiger partial charge in [-0.25, -0.2) is 0 Å². The standard InChI is InChI=1S/C12H14N2O3/c1-2-4-14-7-10(12(14)16)13-11(15)6-9-3-5-17-8-9/h2-5,8,10H,6-7H2,1H3,(H,13,15). The quantitative estimate of drug-likeness (QED) is 0.779. The third-order valence-electron chi connectivity index (χ3n) is 2.57. The molecule has 2 rings (SSSR count). The summed E-state index contributed by atoms with van der Waals surface area (Å²) in [6.45, 7) is 2.39. The second-order valence-corrected chi connectivity index (χ2v) is 3.90. The van der Waals surface area contributed by atoms with Crippen molar-refractivity contribution in [2.75, 3.05) is 6.54 Å². The number of likely N-dealkylation sites (tertiary alicyclic amines) is 1. The first-order valence-corrected chi connectivity index (χ1v) is 5.44. The number of nitrogens with one attached hydrogen (secondary N) is 1. The van der Waals surface area contributed by atoms with Crippen molar-refractivity contribution in [2.24, 2.45) is 0 Å². The van der Waals surface area contributed by atoms with Gasteiger partial charge in [0.05, 0.1) is 25.5 Å². The van der Waals surface area contributed by atoms with Crippen molar-refractivity contribution in [1.29, 1.82) is 0 Å². The molecule has 0 radical (unpaired) electrons. The molecule has 2 amide bonds. The Morgan fingerprint density at radius 1 is 1.71 bits per heavy atom. The maximum atomic E-state index is 11.6. The van der Waals surface area contributed by atoms with Gasteiger partial charge in [0.15, 0.2) is 0 Å². The summed E-state index contributed by atoms with van der Waals surface area (Å²) in [7, 11) is 0. The van der Waals surface area contributed by atoms with E-state index >= 15 is 0 Å². The van der Waals surface area contributed by atoms with Gasteiger partial charge in [0.2, 0.25) is 5.91 Å². The van der Waals surface area contributed by atoms with Crippen LogP contribution in [0, 0.1) is 0 Å². The molecule has 1 fully saturated rings. The lowest BCUT2D eigenvalue weighted by molar-refractivity contribution is -0.142. The zero-order valence-electron chi connectivity index (χ0n) is 9.55. The molecule has 17 heavy (non-hydrogen) atoms. The summed E-state index contributed by atoms with van der Waals surface area (Å²) in [5, 5.41) is 2.69. The first-order valence-electron chi connectivity index (χ1n) is 5.44. The van der Waals surface area contributed by atoms with E-state index in [4.69, 9.17) is 4.42 Å². The molecule has 0 aromatic carbocycles. The van der Waals surface area contributed by atoms with Gasteiger partial charge >= 0.3 is 0 Å². The summed E-state index contributed by atoms with van der Waals surface area (Å²) in [5.41, 5.74) is 0.805. The fourth-order valence-electron chi connectivity index (χ4n) is 1.70. The summed E-state index contributed by atoms with van der Waals surface area (Å²) < 4.78 is 4.87. The number of amides is 2. The van der Waals surface area contributed by atoms with Crippen LogP contribution in [0.4, 0.5) is 0 Å². The summed E-state index contributed by atoms with van der Waals surface area (Å²) in [5.74, 6) is -0.228. The molecule has 1 saturated heterocycles. The van der Waals surface area contributed by atoms with Crippen molar-refractivity contribution in [3.63, 3.8) is 0 Å². The molecule has 1 unspecified atom stereocenters. The lowest BCUT2D eigenvalue weighted by atomic mass is 10.1. The average Bonchev–Trinajstić information content (AvgIpc) is 2.80. The molecule has 2 heterocycles. The van der Waals surface area contributed by atoms with Gasteiger partial charge in [0.25, 0.3) is 5.91 Å². The van der Waals surface area contributed by atoms with Crippen molar-refractivity contribution >= 4 is 11.8 Å². The molecule has 1 atom stereocenters. The Bertz CT molecular complexity index is 437. The molecule has 1 N–H and O–H groups in total. The number of carbonyl (C=O) groups is 2. The van der Waals surface area contributed by atoms with Crippen LogP contribution < -0.4 is 5.32 Å². The minimum absolute atomic E-state index is 0.0661. The molecule has 1 aliphatic heterocycles. The number of hydrogen-bond acceptors (Lipinski definition) is 3. The number of rotatable bonds is 4. The number of hydrogen-bond donors (Lipinski definition) is 1. The monoisotopic (exact) mass is 234 g/mol. The van der Waals surface area contributed by atoms with Crippen LogP contribution in [0.25, 0.3) is 0 Å². The lowest BCUT2D eigenvalue weighted by Gasteiger charge is -2.36. The van der Waals surface area contributed by atoms with Crippen LogP contribution in [0.2, 0.25) is 0 Å². The molecule has 1 aromatic heterocycles. The average molecular weight is 234 g/mol. The van der Waals surface area contributed by atoms with Gasteiger partial charge in [-0.15, -0.1) is 0 Å². The van der Waals surface area contributed by atoms with Crippen LogP contribution >= 0.6 is 0 Å². The predicted molar refractivity (Wildman–Crippen MR) is 60.9 cm³/mol. The minimum Gasteiger partial charge on any atom is -0.472 e. The fourth-order valence-corrected chi connectivity index (χ4v) is 1.70. The topological polar surface area (TPSA) is 62.6 Å². The molecule has 0 aliphatic carbocycles. The van der Waals surface area contributed by atoms with Gasteiger partial charge in [-0.1, -0.05) is 6.08 Å². The van der Waals surface area contributed by atoms with Crippen molar-refractivity contribution < 1.29 is 14.0 Å². The zero-order valence-corrected chi connectivity index (χ0v) is 9.55. The largest absolute Gasteiger partial charge is 0.472 e. The molecule has 90 valence electrons. The number of β-lactam (4-membered cyclic amide) rings is 1. The molecule has 1 aromatic rings. The predicted octanol–water partition coefficient (Wildman–Crippen LogP) is 0.683. The Balaban J connectivity index is 1.79. The first-order chi connectivity index (χ1) is 8.20. The second kappa shape index (κ2) is 4.86. The molecule has 5 heteroatoms. The lowest BCUT2D eigenvalue weighted by Crippen LogP contribution is -2.61. The highest BCUT2D eigenvalue weighted by Crippen LogP contribution is 2.11. The smallest absolute Gasteiger partial charge is 0.251 e. The first kappa shape index (κ1) is 11.4. The van der Waals surface area contributed by atoms with Crippen LogP contribution in [0.5, 0.6) is 0 Å². The van der Waals surface area contributed by atoms with Crippen LogP contribution in [0.3, 0.4) is 0 Å². The Hall–Kier alpha value is -2.04. The van der Waals surface area contributed by atoms with E-state index in [1.165, 1.54) is 12.5 Å². The molecular weight excluding hydrogens is 220 g/mol. The Kier molecular flexibility index (Phi) is 3.27. The van der Waals surface area contributed by atoms with Crippen molar-refractivity contribution in [1.82, 2.24) is 10.2 Å². The van der Waals surface area contributed by atoms with E-state index in [1.807, 2.05) is 6.92 Å². The molecule has 0 bridgehead atoms. The van der Waals surface area contributed by atoms with Crippen LogP contribution in [-0.2, 0) is 16.0 Å². The third kappa shape index (κ3) is 2.55. The highest BCUT2D eigenvalue weighted by molar-refractivity contribution is 5.93. The number of carbonyl (C=O) groups excluding carboxylic acids is 2. The van der Waals surface area contributed by atoms with Crippen LogP contribution in [0.1, 0.15) is 12.5 Å². The van der Waals surface area contributed by atoms with Crippen molar-refractivity contribution in [3.05, 3.63) is 36.4 Å². The fraction of sp³-hybridized carbons (Fsp3) is 0.333. The zero-order chi connectivity index (χ0) is 12.3. The normalized spacial score (nSPS) is 19.5. The summed E-state index contributed by atoms with van der Waals surface area (Å²) in [6.07, 6.45) is 6.78. The number of nitrogens with zero attached hydrogens (tertiary/aromatic N) is 1. The van der Waals surface area contributed by atoms with E-state index < -0.39 is 0 Å². The van der Waals surface area contributed by atoms with E-state index in [1.54, 1.807) is 23.2 Å². The maximum absolute atomic E-state index is 11.6. The number of allylic oxidation sites excluding steroid dienone is 1. The maximum Gasteiger partial charge on any atom is 0.251 e. The Labute approximate surface area is 99.1 Å². The summed E-state index contributed by atoms with van der Waals surface area (Å²) >= 11 is 0. The van der Waals surface area contributed by atoms with Gasteiger partial charge in [0, 0.05) is 6.20 Å². The van der Waals surface area contributed by atoms with Gasteiger partial charge in [0.1, 0.15) is 6.04 Å². The Morgan fingerprint density at radius 3 is 3.12 bits per heavy atom. The van der Waals surface area contributed by atoms with Gasteiger partial charge in [-0.3, -0.25) is 9.59 Å². The SMILES string of the molecule is CC=CN1CC(NC(=O)Cc2ccoc2)C1=O. The van der Waals surface area contributed by atoms with E-state index in [-0.39, 0.29) is 24.3 Å². The van der Waals surface area contributed by atoms with Crippen molar-refractivity contribution in [3.8, 4) is 0 Å². The van der Waals surface area contributed by atoms with Gasteiger partial charge in [-0.2, -0.15) is 0 Å². The van der Waals surface area contributed by atoms with E-state index in [9.17, 15) is 9.59 Å². The molecule has 1 aliphatic rings. The molecule has 0 saturated carbocycles. The molecule has 0 spiro atoms. The van der Waals surface area contributed by atoms with E-state index in [0.29, 0.717) is 6.54 Å². The van der Waals surface area contributed by atoms with Crippen LogP contribution in [0.15, 0.2) is 35.3 Å². The molecule has 5 nitrogen and oxygen atoms in total. The second-order valence-electron chi connectivity index (χ2n) is 3.90. The van der Waals surface area contributed by atoms with Crippen molar-refractivity contribution in [2.45, 2.75) is 19.4 Å². The van der Waals surface area contributed by atoms with Crippen LogP contribution in [-0.4, -0.2) is 29.3 Å². The van der Waals surface area contributed by atoms with E-state index in [2.05, 4.69) is 5.32 Å². The minimum atomic E-state index is -0.384. The summed E-state index contributed by atoms with van der Waals surface area (Å²) in [6, 6.07) is 1.35.